The molecule has 1 spiro atoms. The average molecular weight is 597 g/mol. The SMILES string of the molecule is COC(=O)c1ccc(N2CCN(CC3=C(c4ccc(Cl)cc4)CC4(CCC4)CC3)CC2)cc1Oc1cnc2[nH]ccc2c1. The van der Waals surface area contributed by atoms with Gasteiger partial charge in [0.05, 0.1) is 13.3 Å². The third-order valence-electron chi connectivity index (χ3n) is 9.67. The van der Waals surface area contributed by atoms with Gasteiger partial charge in [0.15, 0.2) is 0 Å². The van der Waals surface area contributed by atoms with Crippen molar-refractivity contribution in [1.82, 2.24) is 14.9 Å². The van der Waals surface area contributed by atoms with Crippen molar-refractivity contribution in [3.05, 3.63) is 88.7 Å². The van der Waals surface area contributed by atoms with Crippen LogP contribution in [-0.2, 0) is 4.74 Å². The maximum absolute atomic E-state index is 12.6. The molecule has 0 bridgehead atoms. The fourth-order valence-electron chi connectivity index (χ4n) is 7.00. The number of H-pyrrole nitrogens is 1. The number of benzene rings is 2. The van der Waals surface area contributed by atoms with Gasteiger partial charge in [0.2, 0.25) is 0 Å². The standard InChI is InChI=1S/C35H37ClN4O3/c1-42-34(41)30-8-7-28(20-32(30)43-29-19-25-10-14-37-33(25)38-22-29)40-17-15-39(16-18-40)23-26-9-13-35(11-2-12-35)21-31(26)24-3-5-27(36)6-4-24/h3-8,10,14,19-20,22H,2,9,11-13,15-18,21,23H2,1H3,(H,37,38). The predicted molar refractivity (Wildman–Crippen MR) is 171 cm³/mol. The summed E-state index contributed by atoms with van der Waals surface area (Å²) in [5.41, 5.74) is 7.23. The number of nitrogens with one attached hydrogen (secondary N) is 1. The van der Waals surface area contributed by atoms with Gasteiger partial charge in [0.25, 0.3) is 0 Å². The Labute approximate surface area is 257 Å². The van der Waals surface area contributed by atoms with E-state index in [-0.39, 0.29) is 0 Å². The van der Waals surface area contributed by atoms with Crippen molar-refractivity contribution in [1.29, 1.82) is 0 Å². The van der Waals surface area contributed by atoms with Crippen molar-refractivity contribution in [3.63, 3.8) is 0 Å². The molecule has 8 heteroatoms. The number of anilines is 1. The number of allylic oxidation sites excluding steroid dienone is 1. The third-order valence-corrected chi connectivity index (χ3v) is 9.92. The van der Waals surface area contributed by atoms with Crippen molar-refractivity contribution in [2.45, 2.75) is 38.5 Å². The number of carbonyl (C=O) groups is 1. The summed E-state index contributed by atoms with van der Waals surface area (Å²) in [7, 11) is 1.39. The van der Waals surface area contributed by atoms with Crippen LogP contribution in [0, 0.1) is 5.41 Å². The molecule has 1 saturated heterocycles. The molecule has 1 N–H and O–H groups in total. The number of carbonyl (C=O) groups excluding carboxylic acids is 1. The summed E-state index contributed by atoms with van der Waals surface area (Å²) in [4.78, 5) is 25.1. The predicted octanol–water partition coefficient (Wildman–Crippen LogP) is 7.73. The zero-order chi connectivity index (χ0) is 29.4. The molecule has 7 rings (SSSR count). The largest absolute Gasteiger partial charge is 0.465 e. The first-order valence-electron chi connectivity index (χ1n) is 15.3. The number of halogens is 1. The molecule has 0 unspecified atom stereocenters. The van der Waals surface area contributed by atoms with Crippen LogP contribution >= 0.6 is 11.6 Å². The highest BCUT2D eigenvalue weighted by Crippen LogP contribution is 2.55. The van der Waals surface area contributed by atoms with Crippen LogP contribution in [0.5, 0.6) is 11.5 Å². The fraction of sp³-hybridized carbons (Fsp3) is 0.371. The van der Waals surface area contributed by atoms with E-state index >= 15 is 0 Å². The second kappa shape index (κ2) is 11.7. The van der Waals surface area contributed by atoms with Crippen LogP contribution in [0.25, 0.3) is 16.6 Å². The number of nitrogens with zero attached hydrogens (tertiary/aromatic N) is 3. The van der Waals surface area contributed by atoms with Crippen LogP contribution in [0.2, 0.25) is 5.02 Å². The molecule has 2 aromatic carbocycles. The maximum Gasteiger partial charge on any atom is 0.341 e. The smallest absolute Gasteiger partial charge is 0.341 e. The Morgan fingerprint density at radius 3 is 2.58 bits per heavy atom. The minimum atomic E-state index is -0.428. The number of hydrogen-bond donors (Lipinski definition) is 1. The van der Waals surface area contributed by atoms with Gasteiger partial charge < -0.3 is 19.4 Å². The molecule has 1 aliphatic heterocycles. The minimum absolute atomic E-state index is 0.391. The molecule has 43 heavy (non-hydrogen) atoms. The average Bonchev–Trinajstić information content (AvgIpc) is 3.49. The molecule has 2 aliphatic carbocycles. The van der Waals surface area contributed by atoms with Crippen LogP contribution in [0.15, 0.2) is 72.6 Å². The molecular weight excluding hydrogens is 560 g/mol. The van der Waals surface area contributed by atoms with Gasteiger partial charge in [-0.05, 0) is 85.1 Å². The second-order valence-electron chi connectivity index (χ2n) is 12.2. The highest BCUT2D eigenvalue weighted by Gasteiger charge is 2.40. The Morgan fingerprint density at radius 2 is 1.84 bits per heavy atom. The number of pyridine rings is 1. The minimum Gasteiger partial charge on any atom is -0.465 e. The summed E-state index contributed by atoms with van der Waals surface area (Å²) < 4.78 is 11.3. The maximum atomic E-state index is 12.6. The number of hydrogen-bond acceptors (Lipinski definition) is 6. The first kappa shape index (κ1) is 28.0. The molecule has 0 radical (unpaired) electrons. The molecular formula is C35H37ClN4O3. The van der Waals surface area contributed by atoms with Crippen molar-refractivity contribution in [2.24, 2.45) is 5.41 Å². The van der Waals surface area contributed by atoms with E-state index < -0.39 is 5.97 Å². The van der Waals surface area contributed by atoms with Gasteiger partial charge in [-0.25, -0.2) is 9.78 Å². The topological polar surface area (TPSA) is 70.7 Å². The number of aromatic nitrogens is 2. The van der Waals surface area contributed by atoms with Crippen LogP contribution in [0.3, 0.4) is 0 Å². The number of aromatic amines is 1. The molecule has 2 aromatic heterocycles. The number of esters is 1. The number of methoxy groups -OCH3 is 1. The Bertz CT molecular complexity index is 1670. The monoisotopic (exact) mass is 596 g/mol. The van der Waals surface area contributed by atoms with E-state index in [0.29, 0.717) is 22.5 Å². The van der Waals surface area contributed by atoms with Crippen LogP contribution < -0.4 is 9.64 Å². The van der Waals surface area contributed by atoms with Crippen LogP contribution in [-0.4, -0.2) is 60.7 Å². The first-order valence-corrected chi connectivity index (χ1v) is 15.6. The van der Waals surface area contributed by atoms with Gasteiger partial charge in [-0.15, -0.1) is 0 Å². The Balaban J connectivity index is 1.07. The van der Waals surface area contributed by atoms with Crippen molar-refractivity contribution < 1.29 is 14.3 Å². The molecule has 4 aromatic rings. The summed E-state index contributed by atoms with van der Waals surface area (Å²) in [5, 5.41) is 1.74. The van der Waals surface area contributed by atoms with E-state index in [1.54, 1.807) is 23.4 Å². The zero-order valence-corrected chi connectivity index (χ0v) is 25.3. The quantitative estimate of drug-likeness (QED) is 0.220. The zero-order valence-electron chi connectivity index (χ0n) is 24.6. The van der Waals surface area contributed by atoms with Gasteiger partial charge in [-0.3, -0.25) is 4.90 Å². The third kappa shape index (κ3) is 5.76. The van der Waals surface area contributed by atoms with Gasteiger partial charge >= 0.3 is 5.97 Å². The molecule has 222 valence electrons. The molecule has 1 saturated carbocycles. The molecule has 2 fully saturated rings. The van der Waals surface area contributed by atoms with Crippen LogP contribution in [0.4, 0.5) is 5.69 Å². The van der Waals surface area contributed by atoms with E-state index in [1.165, 1.54) is 51.2 Å². The lowest BCUT2D eigenvalue weighted by molar-refractivity contribution is 0.0598. The van der Waals surface area contributed by atoms with Crippen LogP contribution in [0.1, 0.15) is 54.4 Å². The van der Waals surface area contributed by atoms with E-state index in [9.17, 15) is 4.79 Å². The fourth-order valence-corrected chi connectivity index (χ4v) is 7.12. The Kier molecular flexibility index (Phi) is 7.62. The van der Waals surface area contributed by atoms with E-state index in [0.717, 1.165) is 54.5 Å². The van der Waals surface area contributed by atoms with Gasteiger partial charge in [0, 0.05) is 61.1 Å². The molecule has 0 atom stereocenters. The lowest BCUT2D eigenvalue weighted by atomic mass is 9.59. The summed E-state index contributed by atoms with van der Waals surface area (Å²) in [5.74, 6) is 0.608. The molecule has 7 nitrogen and oxygen atoms in total. The van der Waals surface area contributed by atoms with Gasteiger partial charge in [-0.1, -0.05) is 35.7 Å². The second-order valence-corrected chi connectivity index (χ2v) is 12.7. The molecule has 0 amide bonds. The van der Waals surface area contributed by atoms with Crippen molar-refractivity contribution in [3.8, 4) is 11.5 Å². The number of piperazine rings is 1. The number of ether oxygens (including phenoxy) is 2. The number of rotatable bonds is 7. The van der Waals surface area contributed by atoms with Gasteiger partial charge in [0.1, 0.15) is 22.7 Å². The summed E-state index contributed by atoms with van der Waals surface area (Å²) in [6, 6.07) is 18.1. The lowest BCUT2D eigenvalue weighted by Crippen LogP contribution is -2.47. The highest BCUT2D eigenvalue weighted by atomic mass is 35.5. The summed E-state index contributed by atoms with van der Waals surface area (Å²) in [6.07, 6.45) is 11.3. The Morgan fingerprint density at radius 1 is 1.02 bits per heavy atom. The van der Waals surface area contributed by atoms with E-state index in [2.05, 4.69) is 31.9 Å². The van der Waals surface area contributed by atoms with E-state index in [4.69, 9.17) is 21.1 Å². The van der Waals surface area contributed by atoms with Crippen molar-refractivity contribution >= 4 is 39.9 Å². The van der Waals surface area contributed by atoms with Crippen molar-refractivity contribution in [2.75, 3.05) is 44.7 Å². The summed E-state index contributed by atoms with van der Waals surface area (Å²) >= 11 is 6.24. The highest BCUT2D eigenvalue weighted by molar-refractivity contribution is 6.30. The van der Waals surface area contributed by atoms with Gasteiger partial charge in [-0.2, -0.15) is 0 Å². The Hall–Kier alpha value is -3.81. The number of fused-ring (bicyclic) bond motifs is 1. The summed E-state index contributed by atoms with van der Waals surface area (Å²) in [6.45, 7) is 4.78. The molecule has 3 aliphatic rings. The van der Waals surface area contributed by atoms with E-state index in [1.807, 2.05) is 42.6 Å². The molecule has 3 heterocycles. The lowest BCUT2D eigenvalue weighted by Gasteiger charge is -2.47. The normalized spacial score (nSPS) is 18.6. The first-order chi connectivity index (χ1) is 21.0.